The number of nitrogens with one attached hydrogen (secondary N) is 1. The SMILES string of the molecule is Cc1nn(-c2nnc3c(n2)[nH]c2ccccc23)c(C)c1Cc1cccc(C(F)(F)F)c1. The van der Waals surface area contributed by atoms with Gasteiger partial charge in [0.2, 0.25) is 0 Å². The molecule has 1 N–H and O–H groups in total. The third-order valence-corrected chi connectivity index (χ3v) is 5.38. The van der Waals surface area contributed by atoms with Crippen LogP contribution in [0.4, 0.5) is 13.2 Å². The molecule has 0 atom stereocenters. The zero-order chi connectivity index (χ0) is 21.8. The predicted molar refractivity (Wildman–Crippen MR) is 110 cm³/mol. The zero-order valence-electron chi connectivity index (χ0n) is 16.7. The Labute approximate surface area is 174 Å². The molecule has 2 aromatic carbocycles. The highest BCUT2D eigenvalue weighted by Crippen LogP contribution is 2.30. The quantitative estimate of drug-likeness (QED) is 0.448. The maximum Gasteiger partial charge on any atom is 0.416 e. The summed E-state index contributed by atoms with van der Waals surface area (Å²) < 4.78 is 40.7. The molecule has 156 valence electrons. The van der Waals surface area contributed by atoms with E-state index in [0.717, 1.165) is 28.2 Å². The van der Waals surface area contributed by atoms with Gasteiger partial charge in [0.15, 0.2) is 5.65 Å². The van der Waals surface area contributed by atoms with Gasteiger partial charge in [0, 0.05) is 28.6 Å². The Hall–Kier alpha value is -3.75. The summed E-state index contributed by atoms with van der Waals surface area (Å²) in [6, 6.07) is 13.1. The molecule has 0 bridgehead atoms. The van der Waals surface area contributed by atoms with Gasteiger partial charge in [0.1, 0.15) is 5.52 Å². The van der Waals surface area contributed by atoms with Crippen molar-refractivity contribution in [3.05, 3.63) is 76.6 Å². The van der Waals surface area contributed by atoms with Gasteiger partial charge in [-0.3, -0.25) is 0 Å². The maximum atomic E-state index is 13.1. The minimum Gasteiger partial charge on any atom is -0.338 e. The first-order valence-electron chi connectivity index (χ1n) is 9.64. The lowest BCUT2D eigenvalue weighted by molar-refractivity contribution is -0.137. The van der Waals surface area contributed by atoms with E-state index in [4.69, 9.17) is 0 Å². The lowest BCUT2D eigenvalue weighted by Crippen LogP contribution is -2.07. The third-order valence-electron chi connectivity index (χ3n) is 5.38. The fourth-order valence-corrected chi connectivity index (χ4v) is 3.79. The zero-order valence-corrected chi connectivity index (χ0v) is 16.7. The van der Waals surface area contributed by atoms with Crippen molar-refractivity contribution in [2.75, 3.05) is 0 Å². The Balaban J connectivity index is 1.54. The first-order chi connectivity index (χ1) is 14.8. The first kappa shape index (κ1) is 19.2. The highest BCUT2D eigenvalue weighted by Gasteiger charge is 2.30. The molecule has 0 aliphatic rings. The number of nitrogens with zero attached hydrogens (tertiary/aromatic N) is 5. The number of fused-ring (bicyclic) bond motifs is 3. The van der Waals surface area contributed by atoms with Gasteiger partial charge in [-0.2, -0.15) is 23.3 Å². The van der Waals surface area contributed by atoms with Crippen LogP contribution in [-0.4, -0.2) is 29.9 Å². The summed E-state index contributed by atoms with van der Waals surface area (Å²) >= 11 is 0. The van der Waals surface area contributed by atoms with Crippen LogP contribution in [0.1, 0.15) is 28.1 Å². The Kier molecular flexibility index (Phi) is 4.28. The molecule has 0 spiro atoms. The lowest BCUT2D eigenvalue weighted by atomic mass is 10.0. The number of aromatic amines is 1. The van der Waals surface area contributed by atoms with Gasteiger partial charge in [0.25, 0.3) is 5.95 Å². The Morgan fingerprint density at radius 2 is 1.81 bits per heavy atom. The number of para-hydroxylation sites is 1. The van der Waals surface area contributed by atoms with E-state index in [2.05, 4.69) is 25.3 Å². The second kappa shape index (κ2) is 6.90. The Morgan fingerprint density at radius 1 is 1.00 bits per heavy atom. The predicted octanol–water partition coefficient (Wildman–Crippen LogP) is 4.92. The number of H-pyrrole nitrogens is 1. The van der Waals surface area contributed by atoms with Gasteiger partial charge in [-0.15, -0.1) is 10.2 Å². The van der Waals surface area contributed by atoms with Crippen LogP contribution >= 0.6 is 0 Å². The summed E-state index contributed by atoms with van der Waals surface area (Å²) in [6.45, 7) is 3.67. The molecule has 6 nitrogen and oxygen atoms in total. The number of halogens is 3. The number of rotatable bonds is 3. The van der Waals surface area contributed by atoms with Crippen LogP contribution in [0.25, 0.3) is 28.0 Å². The molecule has 31 heavy (non-hydrogen) atoms. The van der Waals surface area contributed by atoms with E-state index in [1.54, 1.807) is 10.7 Å². The van der Waals surface area contributed by atoms with E-state index < -0.39 is 11.7 Å². The number of hydrogen-bond donors (Lipinski definition) is 1. The molecule has 0 amide bonds. The second-order valence-electron chi connectivity index (χ2n) is 7.42. The van der Waals surface area contributed by atoms with Crippen LogP contribution in [0.3, 0.4) is 0 Å². The van der Waals surface area contributed by atoms with Gasteiger partial charge in [-0.1, -0.05) is 36.4 Å². The van der Waals surface area contributed by atoms with Crippen LogP contribution in [0, 0.1) is 13.8 Å². The molecular formula is C22H17F3N6. The van der Waals surface area contributed by atoms with Crippen LogP contribution in [0.2, 0.25) is 0 Å². The van der Waals surface area contributed by atoms with Crippen LogP contribution in [0.5, 0.6) is 0 Å². The molecule has 5 aromatic rings. The van der Waals surface area contributed by atoms with E-state index in [9.17, 15) is 13.2 Å². The average molecular weight is 422 g/mol. The van der Waals surface area contributed by atoms with Gasteiger partial charge >= 0.3 is 6.18 Å². The second-order valence-corrected chi connectivity index (χ2v) is 7.42. The number of aryl methyl sites for hydroxylation is 1. The van der Waals surface area contributed by atoms with Crippen molar-refractivity contribution < 1.29 is 13.2 Å². The van der Waals surface area contributed by atoms with Crippen LogP contribution in [-0.2, 0) is 12.6 Å². The first-order valence-corrected chi connectivity index (χ1v) is 9.64. The molecule has 0 radical (unpaired) electrons. The van der Waals surface area contributed by atoms with Gasteiger partial charge in [-0.05, 0) is 31.5 Å². The van der Waals surface area contributed by atoms with E-state index in [-0.39, 0.29) is 0 Å². The standard InChI is InChI=1S/C22H17F3N6/c1-12-17(11-14-6-5-7-15(10-14)22(23,24)25)13(2)31(30-12)21-27-20-19(28-29-21)16-8-3-4-9-18(16)26-20/h3-10H,11H2,1-2H3,(H,26,27,29). The van der Waals surface area contributed by atoms with Crippen molar-refractivity contribution in [1.82, 2.24) is 29.9 Å². The number of benzene rings is 2. The molecule has 3 heterocycles. The molecule has 0 saturated carbocycles. The van der Waals surface area contributed by atoms with Crippen molar-refractivity contribution >= 4 is 22.1 Å². The number of aromatic nitrogens is 6. The van der Waals surface area contributed by atoms with Crippen molar-refractivity contribution in [3.63, 3.8) is 0 Å². The monoisotopic (exact) mass is 422 g/mol. The minimum atomic E-state index is -4.38. The smallest absolute Gasteiger partial charge is 0.338 e. The Bertz CT molecular complexity index is 1430. The summed E-state index contributed by atoms with van der Waals surface area (Å²) in [4.78, 5) is 7.80. The van der Waals surface area contributed by atoms with Crippen LogP contribution in [0.15, 0.2) is 48.5 Å². The molecule has 0 fully saturated rings. The molecule has 0 saturated heterocycles. The average Bonchev–Trinajstić information content (AvgIpc) is 3.25. The normalized spacial score (nSPS) is 12.2. The summed E-state index contributed by atoms with van der Waals surface area (Å²) in [6.07, 6.45) is -4.05. The molecular weight excluding hydrogens is 405 g/mol. The van der Waals surface area contributed by atoms with E-state index >= 15 is 0 Å². The van der Waals surface area contributed by atoms with Crippen LogP contribution < -0.4 is 0 Å². The molecule has 0 aliphatic heterocycles. The number of alkyl halides is 3. The molecule has 3 aromatic heterocycles. The summed E-state index contributed by atoms with van der Waals surface area (Å²) in [5, 5.41) is 14.0. The van der Waals surface area contributed by atoms with Crippen molar-refractivity contribution in [3.8, 4) is 5.95 Å². The topological polar surface area (TPSA) is 72.3 Å². The maximum absolute atomic E-state index is 13.1. The largest absolute Gasteiger partial charge is 0.416 e. The number of hydrogen-bond acceptors (Lipinski definition) is 4. The van der Waals surface area contributed by atoms with Gasteiger partial charge < -0.3 is 4.98 Å². The van der Waals surface area contributed by atoms with Gasteiger partial charge in [-0.25, -0.2) is 4.68 Å². The minimum absolute atomic E-state index is 0.301. The lowest BCUT2D eigenvalue weighted by Gasteiger charge is -2.09. The third kappa shape index (κ3) is 3.31. The summed E-state index contributed by atoms with van der Waals surface area (Å²) in [5.74, 6) is 0.301. The van der Waals surface area contributed by atoms with Crippen molar-refractivity contribution in [2.24, 2.45) is 0 Å². The highest BCUT2D eigenvalue weighted by atomic mass is 19.4. The van der Waals surface area contributed by atoms with Crippen molar-refractivity contribution in [2.45, 2.75) is 26.4 Å². The molecule has 5 rings (SSSR count). The van der Waals surface area contributed by atoms with Gasteiger partial charge in [0.05, 0.1) is 11.3 Å². The van der Waals surface area contributed by atoms with E-state index in [1.807, 2.05) is 38.1 Å². The fraction of sp³-hybridized carbons (Fsp3) is 0.182. The summed E-state index contributed by atoms with van der Waals surface area (Å²) in [7, 11) is 0. The summed E-state index contributed by atoms with van der Waals surface area (Å²) in [5.41, 5.74) is 4.37. The Morgan fingerprint density at radius 3 is 2.61 bits per heavy atom. The van der Waals surface area contributed by atoms with E-state index in [1.165, 1.54) is 12.1 Å². The van der Waals surface area contributed by atoms with E-state index in [0.29, 0.717) is 34.8 Å². The fourth-order valence-electron chi connectivity index (χ4n) is 3.79. The molecule has 0 aliphatic carbocycles. The molecule has 0 unspecified atom stereocenters. The molecule has 9 heteroatoms. The van der Waals surface area contributed by atoms with Crippen molar-refractivity contribution in [1.29, 1.82) is 0 Å². The highest BCUT2D eigenvalue weighted by molar-refractivity contribution is 6.03.